The normalized spacial score (nSPS) is 16.2. The molecule has 9 nitrogen and oxygen atoms in total. The fourth-order valence-corrected chi connectivity index (χ4v) is 4.24. The number of amides is 1. The zero-order chi connectivity index (χ0) is 22.8. The molecule has 1 N–H and O–H groups in total. The van der Waals surface area contributed by atoms with Crippen molar-refractivity contribution >= 4 is 17.1 Å². The number of carbonyl (C=O) groups excluding carboxylic acids is 1. The molecule has 0 bridgehead atoms. The molecule has 0 unspecified atom stereocenters. The summed E-state index contributed by atoms with van der Waals surface area (Å²) in [6, 6.07) is 16.9. The fourth-order valence-electron chi connectivity index (χ4n) is 4.24. The first kappa shape index (κ1) is 20.9. The first-order chi connectivity index (χ1) is 16.1. The van der Waals surface area contributed by atoms with E-state index in [2.05, 4.69) is 15.3 Å². The highest BCUT2D eigenvalue weighted by Crippen LogP contribution is 2.26. The first-order valence-corrected chi connectivity index (χ1v) is 10.9. The van der Waals surface area contributed by atoms with Crippen LogP contribution in [0.25, 0.3) is 11.2 Å². The topological polar surface area (TPSA) is 106 Å². The minimum atomic E-state index is -0.317. The van der Waals surface area contributed by atoms with Gasteiger partial charge in [-0.1, -0.05) is 35.5 Å². The van der Waals surface area contributed by atoms with Gasteiger partial charge in [-0.15, -0.1) is 5.10 Å². The van der Waals surface area contributed by atoms with Crippen LogP contribution in [0, 0.1) is 0 Å². The van der Waals surface area contributed by atoms with Gasteiger partial charge in [0.2, 0.25) is 0 Å². The molecule has 1 aliphatic heterocycles. The highest BCUT2D eigenvalue weighted by atomic mass is 16.5. The average Bonchev–Trinajstić information content (AvgIpc) is 3.28. The Kier molecular flexibility index (Phi) is 5.60. The van der Waals surface area contributed by atoms with Crippen molar-refractivity contribution < 1.29 is 9.53 Å². The molecule has 1 amide bonds. The molecule has 1 aliphatic rings. The summed E-state index contributed by atoms with van der Waals surface area (Å²) in [6.07, 6.45) is 1.68. The van der Waals surface area contributed by atoms with Crippen LogP contribution in [0.5, 0.6) is 5.75 Å². The average molecular weight is 444 g/mol. The van der Waals surface area contributed by atoms with Crippen molar-refractivity contribution in [2.45, 2.75) is 25.3 Å². The predicted molar refractivity (Wildman–Crippen MR) is 122 cm³/mol. The molecule has 33 heavy (non-hydrogen) atoms. The Hall–Kier alpha value is -4.01. The molecular formula is C24H24N6O3. The van der Waals surface area contributed by atoms with E-state index in [9.17, 15) is 9.59 Å². The van der Waals surface area contributed by atoms with Gasteiger partial charge in [0.1, 0.15) is 11.6 Å². The van der Waals surface area contributed by atoms with Crippen LogP contribution >= 0.6 is 0 Å². The molecule has 0 radical (unpaired) electrons. The molecule has 3 heterocycles. The minimum absolute atomic E-state index is 0.00469. The van der Waals surface area contributed by atoms with Gasteiger partial charge in [-0.25, -0.2) is 9.67 Å². The van der Waals surface area contributed by atoms with Crippen molar-refractivity contribution in [1.29, 1.82) is 0 Å². The van der Waals surface area contributed by atoms with Crippen LogP contribution in [-0.4, -0.2) is 56.0 Å². The quantitative estimate of drug-likeness (QED) is 0.507. The summed E-state index contributed by atoms with van der Waals surface area (Å²) in [5.74, 6) is 1.27. The van der Waals surface area contributed by atoms with Gasteiger partial charge in [0, 0.05) is 24.6 Å². The molecule has 0 saturated carbocycles. The second-order valence-electron chi connectivity index (χ2n) is 8.17. The molecule has 0 aliphatic carbocycles. The Balaban J connectivity index is 1.41. The van der Waals surface area contributed by atoms with Gasteiger partial charge in [-0.2, -0.15) is 0 Å². The van der Waals surface area contributed by atoms with E-state index in [4.69, 9.17) is 9.72 Å². The van der Waals surface area contributed by atoms with E-state index >= 15 is 0 Å². The third kappa shape index (κ3) is 4.21. The van der Waals surface area contributed by atoms with Gasteiger partial charge in [0.05, 0.1) is 13.7 Å². The van der Waals surface area contributed by atoms with Gasteiger partial charge < -0.3 is 14.6 Å². The summed E-state index contributed by atoms with van der Waals surface area (Å²) in [5, 5.41) is 8.19. The highest BCUT2D eigenvalue weighted by Gasteiger charge is 2.28. The van der Waals surface area contributed by atoms with Crippen LogP contribution in [0.3, 0.4) is 0 Å². The second kappa shape index (κ2) is 8.85. The lowest BCUT2D eigenvalue weighted by molar-refractivity contribution is 0.0704. The summed E-state index contributed by atoms with van der Waals surface area (Å²) in [7, 11) is 1.62. The Morgan fingerprint density at radius 2 is 1.94 bits per heavy atom. The van der Waals surface area contributed by atoms with Crippen LogP contribution in [0.1, 0.15) is 40.5 Å². The maximum atomic E-state index is 12.9. The number of carbonyl (C=O) groups is 1. The van der Waals surface area contributed by atoms with E-state index in [1.807, 2.05) is 59.5 Å². The molecule has 2 aromatic carbocycles. The molecule has 4 aromatic rings. The Labute approximate surface area is 190 Å². The number of likely N-dealkylation sites (tertiary alicyclic amines) is 1. The zero-order valence-electron chi connectivity index (χ0n) is 18.3. The van der Waals surface area contributed by atoms with Gasteiger partial charge in [-0.05, 0) is 42.7 Å². The molecule has 0 spiro atoms. The first-order valence-electron chi connectivity index (χ1n) is 10.9. The van der Waals surface area contributed by atoms with Crippen molar-refractivity contribution in [2.75, 3.05) is 20.2 Å². The largest absolute Gasteiger partial charge is 0.497 e. The van der Waals surface area contributed by atoms with Gasteiger partial charge in [0.25, 0.3) is 11.5 Å². The minimum Gasteiger partial charge on any atom is -0.497 e. The van der Waals surface area contributed by atoms with Crippen LogP contribution in [0.4, 0.5) is 0 Å². The number of methoxy groups -OCH3 is 1. The highest BCUT2D eigenvalue weighted by molar-refractivity contribution is 5.94. The second-order valence-corrected chi connectivity index (χ2v) is 8.17. The number of hydrogen-bond donors (Lipinski definition) is 1. The van der Waals surface area contributed by atoms with E-state index in [0.717, 1.165) is 24.2 Å². The third-order valence-electron chi connectivity index (χ3n) is 6.00. The lowest BCUT2D eigenvalue weighted by Gasteiger charge is -2.32. The smallest absolute Gasteiger partial charge is 0.281 e. The van der Waals surface area contributed by atoms with Crippen LogP contribution < -0.4 is 10.3 Å². The number of benzene rings is 2. The number of aromatic nitrogens is 5. The van der Waals surface area contributed by atoms with Crippen molar-refractivity contribution in [3.63, 3.8) is 0 Å². The van der Waals surface area contributed by atoms with Crippen molar-refractivity contribution in [2.24, 2.45) is 0 Å². The van der Waals surface area contributed by atoms with Gasteiger partial charge >= 0.3 is 0 Å². The monoisotopic (exact) mass is 444 g/mol. The summed E-state index contributed by atoms with van der Waals surface area (Å²) in [4.78, 5) is 35.1. The molecule has 5 rings (SSSR count). The predicted octanol–water partition coefficient (Wildman–Crippen LogP) is 2.59. The Morgan fingerprint density at radius 3 is 2.70 bits per heavy atom. The van der Waals surface area contributed by atoms with E-state index in [1.165, 1.54) is 0 Å². The molecule has 168 valence electrons. The number of hydrogen-bond acceptors (Lipinski definition) is 6. The van der Waals surface area contributed by atoms with Crippen LogP contribution in [0.2, 0.25) is 0 Å². The van der Waals surface area contributed by atoms with E-state index in [-0.39, 0.29) is 22.9 Å². The summed E-state index contributed by atoms with van der Waals surface area (Å²) >= 11 is 0. The van der Waals surface area contributed by atoms with Gasteiger partial charge in [0.15, 0.2) is 11.2 Å². The SMILES string of the molecule is COc1ccc(Cn2nnc3c(=O)[nH]c([C@@H]4CCCN(C(=O)c5ccccc5)C4)nc32)cc1. The molecule has 1 atom stereocenters. The Morgan fingerprint density at radius 1 is 1.15 bits per heavy atom. The van der Waals surface area contributed by atoms with E-state index in [0.29, 0.717) is 36.7 Å². The summed E-state index contributed by atoms with van der Waals surface area (Å²) < 4.78 is 6.84. The summed E-state index contributed by atoms with van der Waals surface area (Å²) in [5.41, 5.74) is 1.99. The molecule has 9 heteroatoms. The van der Waals surface area contributed by atoms with Crippen LogP contribution in [-0.2, 0) is 6.54 Å². The lowest BCUT2D eigenvalue weighted by atomic mass is 9.96. The van der Waals surface area contributed by atoms with E-state index < -0.39 is 0 Å². The molecular weight excluding hydrogens is 420 g/mol. The van der Waals surface area contributed by atoms with Crippen molar-refractivity contribution in [1.82, 2.24) is 29.9 Å². The number of fused-ring (bicyclic) bond motifs is 1. The van der Waals surface area contributed by atoms with Gasteiger partial charge in [-0.3, -0.25) is 9.59 Å². The van der Waals surface area contributed by atoms with Crippen molar-refractivity contribution in [3.05, 3.63) is 81.9 Å². The number of ether oxygens (including phenoxy) is 1. The Bertz CT molecular complexity index is 1330. The molecule has 1 saturated heterocycles. The number of nitrogens with one attached hydrogen (secondary N) is 1. The maximum Gasteiger partial charge on any atom is 0.281 e. The lowest BCUT2D eigenvalue weighted by Crippen LogP contribution is -2.39. The molecule has 2 aromatic heterocycles. The third-order valence-corrected chi connectivity index (χ3v) is 6.00. The summed E-state index contributed by atoms with van der Waals surface area (Å²) in [6.45, 7) is 1.62. The van der Waals surface area contributed by atoms with E-state index in [1.54, 1.807) is 11.8 Å². The maximum absolute atomic E-state index is 12.9. The number of H-pyrrole nitrogens is 1. The molecule has 1 fully saturated rings. The number of rotatable bonds is 5. The zero-order valence-corrected chi connectivity index (χ0v) is 18.3. The number of nitrogens with zero attached hydrogens (tertiary/aromatic N) is 5. The number of aromatic amines is 1. The van der Waals surface area contributed by atoms with Crippen LogP contribution in [0.15, 0.2) is 59.4 Å². The standard InChI is InChI=1S/C24H24N6O3/c1-33-19-11-9-16(10-12-19)14-30-22-20(27-28-30)23(31)26-21(25-22)18-8-5-13-29(15-18)24(32)17-6-3-2-4-7-17/h2-4,6-7,9-12,18H,5,8,13-15H2,1H3,(H,25,26,31)/t18-/m1/s1. The number of piperidine rings is 1. The fraction of sp³-hybridized carbons (Fsp3) is 0.292. The van der Waals surface area contributed by atoms with Crippen molar-refractivity contribution in [3.8, 4) is 5.75 Å².